The van der Waals surface area contributed by atoms with E-state index >= 15 is 0 Å². The number of rotatable bonds is 4. The average Bonchev–Trinajstić information content (AvgIpc) is 2.28. The van der Waals surface area contributed by atoms with Crippen LogP contribution < -0.4 is 5.32 Å². The lowest BCUT2D eigenvalue weighted by Crippen LogP contribution is -2.20. The minimum atomic E-state index is -0.426. The van der Waals surface area contributed by atoms with Crippen LogP contribution in [0.25, 0.3) is 0 Å². The van der Waals surface area contributed by atoms with Crippen molar-refractivity contribution < 1.29 is 14.3 Å². The van der Waals surface area contributed by atoms with Crippen LogP contribution in [-0.2, 0) is 9.53 Å². The molecular weight excluding hydrogens is 274 g/mol. The molecule has 5 heteroatoms. The van der Waals surface area contributed by atoms with Crippen LogP contribution in [-0.4, -0.2) is 25.5 Å². The van der Waals surface area contributed by atoms with Crippen molar-refractivity contribution in [2.75, 3.05) is 13.7 Å². The van der Waals surface area contributed by atoms with Crippen molar-refractivity contribution in [2.45, 2.75) is 6.42 Å². The van der Waals surface area contributed by atoms with Gasteiger partial charge in [0.25, 0.3) is 0 Å². The number of halogens is 1. The van der Waals surface area contributed by atoms with Gasteiger partial charge in [-0.1, -0.05) is 22.0 Å². The van der Waals surface area contributed by atoms with Crippen LogP contribution >= 0.6 is 15.9 Å². The molecule has 1 amide bonds. The first-order valence-corrected chi connectivity index (χ1v) is 5.56. The van der Waals surface area contributed by atoms with Crippen molar-refractivity contribution in [3.63, 3.8) is 0 Å². The summed E-state index contributed by atoms with van der Waals surface area (Å²) in [6.45, 7) is 0.0883. The van der Waals surface area contributed by atoms with E-state index in [1.165, 1.54) is 0 Å². The van der Waals surface area contributed by atoms with Crippen molar-refractivity contribution in [1.82, 2.24) is 5.32 Å². The molecular formula is C11H12BrNO3. The molecule has 0 aliphatic carbocycles. The molecule has 4 nitrogen and oxygen atoms in total. The number of ether oxygens (including phenoxy) is 1. The molecule has 1 aromatic carbocycles. The Labute approximate surface area is 102 Å². The predicted octanol–water partition coefficient (Wildman–Crippen LogP) is 1.74. The maximum absolute atomic E-state index is 11.5. The Balaban J connectivity index is 2.44. The monoisotopic (exact) mass is 285 g/mol. The Morgan fingerprint density at radius 3 is 2.81 bits per heavy atom. The number of benzene rings is 1. The molecule has 1 N–H and O–H groups in total. The Morgan fingerprint density at radius 2 is 2.19 bits per heavy atom. The van der Waals surface area contributed by atoms with Gasteiger partial charge in [0, 0.05) is 11.5 Å². The van der Waals surface area contributed by atoms with E-state index in [-0.39, 0.29) is 18.9 Å². The number of nitrogens with one attached hydrogen (secondary N) is 1. The molecule has 0 radical (unpaired) electrons. The van der Waals surface area contributed by atoms with E-state index in [2.05, 4.69) is 21.2 Å². The van der Waals surface area contributed by atoms with Crippen LogP contribution in [0, 0.1) is 0 Å². The van der Waals surface area contributed by atoms with Gasteiger partial charge in [0.2, 0.25) is 5.91 Å². The first-order chi connectivity index (χ1) is 7.63. The molecule has 16 heavy (non-hydrogen) atoms. The Morgan fingerprint density at radius 1 is 1.44 bits per heavy atom. The normalized spacial score (nSPS) is 9.62. The summed E-state index contributed by atoms with van der Waals surface area (Å²) in [5.74, 6) is -0.577. The zero-order chi connectivity index (χ0) is 12.0. The first kappa shape index (κ1) is 12.7. The number of hydrogen-bond donors (Lipinski definition) is 1. The number of carbonyl (C=O) groups excluding carboxylic acids is 2. The van der Waals surface area contributed by atoms with Gasteiger partial charge in [-0.2, -0.15) is 0 Å². The van der Waals surface area contributed by atoms with Gasteiger partial charge in [0.1, 0.15) is 6.61 Å². The van der Waals surface area contributed by atoms with Crippen LogP contribution in [0.1, 0.15) is 16.8 Å². The number of amides is 1. The van der Waals surface area contributed by atoms with Crippen molar-refractivity contribution >= 4 is 27.8 Å². The molecule has 0 aliphatic rings. The SMILES string of the molecule is CNC(=O)CCOC(=O)c1cccc(Br)c1. The summed E-state index contributed by atoms with van der Waals surface area (Å²) in [7, 11) is 1.54. The fourth-order valence-corrected chi connectivity index (χ4v) is 1.46. The smallest absolute Gasteiger partial charge is 0.338 e. The summed E-state index contributed by atoms with van der Waals surface area (Å²) in [5, 5.41) is 2.45. The number of hydrogen-bond acceptors (Lipinski definition) is 3. The van der Waals surface area contributed by atoms with E-state index in [0.29, 0.717) is 5.56 Å². The second-order valence-corrected chi connectivity index (χ2v) is 3.99. The molecule has 86 valence electrons. The standard InChI is InChI=1S/C11H12BrNO3/c1-13-10(14)5-6-16-11(15)8-3-2-4-9(12)7-8/h2-4,7H,5-6H2,1H3,(H,13,14). The third-order valence-electron chi connectivity index (χ3n) is 1.90. The highest BCUT2D eigenvalue weighted by Gasteiger charge is 2.07. The Hall–Kier alpha value is -1.36. The lowest BCUT2D eigenvalue weighted by molar-refractivity contribution is -0.121. The van der Waals surface area contributed by atoms with Gasteiger partial charge in [0.15, 0.2) is 0 Å². The molecule has 0 unspecified atom stereocenters. The average molecular weight is 286 g/mol. The maximum atomic E-state index is 11.5. The zero-order valence-corrected chi connectivity index (χ0v) is 10.4. The minimum Gasteiger partial charge on any atom is -0.462 e. The molecule has 0 spiro atoms. The van der Waals surface area contributed by atoms with Gasteiger partial charge >= 0.3 is 5.97 Å². The molecule has 1 rings (SSSR count). The molecule has 0 bridgehead atoms. The van der Waals surface area contributed by atoms with Gasteiger partial charge in [-0.15, -0.1) is 0 Å². The summed E-state index contributed by atoms with van der Waals surface area (Å²) >= 11 is 3.26. The molecule has 0 heterocycles. The van der Waals surface area contributed by atoms with Gasteiger partial charge in [-0.3, -0.25) is 4.79 Å². The van der Waals surface area contributed by atoms with Crippen LogP contribution in [0.4, 0.5) is 0 Å². The highest BCUT2D eigenvalue weighted by Crippen LogP contribution is 2.12. The quantitative estimate of drug-likeness (QED) is 0.858. The third-order valence-corrected chi connectivity index (χ3v) is 2.39. The van der Waals surface area contributed by atoms with E-state index in [1.807, 2.05) is 6.07 Å². The van der Waals surface area contributed by atoms with Crippen molar-refractivity contribution in [2.24, 2.45) is 0 Å². The number of carbonyl (C=O) groups is 2. The largest absolute Gasteiger partial charge is 0.462 e. The summed E-state index contributed by atoms with van der Waals surface area (Å²) in [5.41, 5.74) is 0.464. The van der Waals surface area contributed by atoms with Gasteiger partial charge in [-0.05, 0) is 18.2 Å². The van der Waals surface area contributed by atoms with Crippen molar-refractivity contribution in [3.05, 3.63) is 34.3 Å². The first-order valence-electron chi connectivity index (χ1n) is 4.76. The van der Waals surface area contributed by atoms with Gasteiger partial charge < -0.3 is 10.1 Å². The summed E-state index contributed by atoms with van der Waals surface area (Å²) in [6.07, 6.45) is 0.177. The van der Waals surface area contributed by atoms with E-state index in [4.69, 9.17) is 4.74 Å². The van der Waals surface area contributed by atoms with E-state index in [1.54, 1.807) is 25.2 Å². The highest BCUT2D eigenvalue weighted by atomic mass is 79.9. The molecule has 0 aliphatic heterocycles. The third kappa shape index (κ3) is 4.02. The van der Waals surface area contributed by atoms with Crippen molar-refractivity contribution in [3.8, 4) is 0 Å². The lowest BCUT2D eigenvalue weighted by Gasteiger charge is -2.04. The fraction of sp³-hybridized carbons (Fsp3) is 0.273. The topological polar surface area (TPSA) is 55.4 Å². The van der Waals surface area contributed by atoms with Gasteiger partial charge in [0.05, 0.1) is 12.0 Å². The lowest BCUT2D eigenvalue weighted by atomic mass is 10.2. The maximum Gasteiger partial charge on any atom is 0.338 e. The molecule has 0 fully saturated rings. The molecule has 0 saturated heterocycles. The number of esters is 1. The van der Waals surface area contributed by atoms with E-state index in [9.17, 15) is 9.59 Å². The minimum absolute atomic E-state index is 0.0883. The predicted molar refractivity (Wildman–Crippen MR) is 63.1 cm³/mol. The highest BCUT2D eigenvalue weighted by molar-refractivity contribution is 9.10. The molecule has 0 atom stereocenters. The van der Waals surface area contributed by atoms with Crippen LogP contribution in [0.15, 0.2) is 28.7 Å². The van der Waals surface area contributed by atoms with E-state index in [0.717, 1.165) is 4.47 Å². The van der Waals surface area contributed by atoms with Gasteiger partial charge in [-0.25, -0.2) is 4.79 Å². The second kappa shape index (κ2) is 6.27. The molecule has 1 aromatic rings. The summed E-state index contributed by atoms with van der Waals surface area (Å²) in [4.78, 5) is 22.4. The van der Waals surface area contributed by atoms with Crippen molar-refractivity contribution in [1.29, 1.82) is 0 Å². The fourth-order valence-electron chi connectivity index (χ4n) is 1.06. The Kier molecular flexibility index (Phi) is 4.98. The zero-order valence-electron chi connectivity index (χ0n) is 8.83. The van der Waals surface area contributed by atoms with Crippen LogP contribution in [0.5, 0.6) is 0 Å². The van der Waals surface area contributed by atoms with E-state index < -0.39 is 5.97 Å². The molecule has 0 saturated carbocycles. The summed E-state index contributed by atoms with van der Waals surface area (Å²) < 4.78 is 5.75. The molecule has 0 aromatic heterocycles. The second-order valence-electron chi connectivity index (χ2n) is 3.07. The van der Waals surface area contributed by atoms with Crippen LogP contribution in [0.2, 0.25) is 0 Å². The summed E-state index contributed by atoms with van der Waals surface area (Å²) in [6, 6.07) is 6.90. The van der Waals surface area contributed by atoms with Crippen LogP contribution in [0.3, 0.4) is 0 Å². The Bertz CT molecular complexity index is 393.